The van der Waals surface area contributed by atoms with E-state index in [2.05, 4.69) is 100 Å². The van der Waals surface area contributed by atoms with E-state index in [1.54, 1.807) is 11.1 Å². The number of aryl methyl sites for hydroxylation is 4. The van der Waals surface area contributed by atoms with E-state index in [0.29, 0.717) is 11.8 Å². The lowest BCUT2D eigenvalue weighted by Gasteiger charge is -2.36. The average molecular weight is 539 g/mol. The van der Waals surface area contributed by atoms with E-state index in [1.165, 1.54) is 120 Å². The van der Waals surface area contributed by atoms with Crippen LogP contribution in [0, 0.1) is 27.7 Å². The largest absolute Gasteiger partial charge is 0.0714 e. The minimum Gasteiger partial charge on any atom is -0.0587 e. The van der Waals surface area contributed by atoms with Crippen molar-refractivity contribution in [2.24, 2.45) is 0 Å². The summed E-state index contributed by atoms with van der Waals surface area (Å²) in [6, 6.07) is 29.8. The average Bonchev–Trinajstić information content (AvgIpc) is 3.26. The molecule has 0 heteroatoms. The molecule has 3 aliphatic carbocycles. The van der Waals surface area contributed by atoms with Crippen molar-refractivity contribution in [1.29, 1.82) is 0 Å². The summed E-state index contributed by atoms with van der Waals surface area (Å²) in [6.45, 7) is 9.20. The summed E-state index contributed by atoms with van der Waals surface area (Å²) < 4.78 is 0. The fourth-order valence-electron chi connectivity index (χ4n) is 8.74. The number of hydrogen-bond donors (Lipinski definition) is 0. The van der Waals surface area contributed by atoms with Crippen LogP contribution in [0.2, 0.25) is 0 Å². The maximum absolute atomic E-state index is 2.63. The van der Waals surface area contributed by atoms with Crippen molar-refractivity contribution in [2.75, 3.05) is 0 Å². The number of benzene rings is 4. The molecular formula is C41H46. The molecule has 0 heterocycles. The quantitative estimate of drug-likeness (QED) is 0.213. The summed E-state index contributed by atoms with van der Waals surface area (Å²) in [7, 11) is 0. The van der Waals surface area contributed by atoms with Gasteiger partial charge < -0.3 is 0 Å². The molecule has 0 unspecified atom stereocenters. The molecule has 0 atom stereocenters. The van der Waals surface area contributed by atoms with E-state index in [0.717, 1.165) is 0 Å². The van der Waals surface area contributed by atoms with E-state index in [-0.39, 0.29) is 5.41 Å². The predicted octanol–water partition coefficient (Wildman–Crippen LogP) is 11.4. The Kier molecular flexibility index (Phi) is 6.93. The van der Waals surface area contributed by atoms with Crippen LogP contribution in [0.4, 0.5) is 0 Å². The third-order valence-corrected chi connectivity index (χ3v) is 10.7. The van der Waals surface area contributed by atoms with Gasteiger partial charge >= 0.3 is 0 Å². The molecule has 2 saturated carbocycles. The van der Waals surface area contributed by atoms with Gasteiger partial charge in [-0.15, -0.1) is 0 Å². The van der Waals surface area contributed by atoms with Crippen molar-refractivity contribution in [3.63, 3.8) is 0 Å². The van der Waals surface area contributed by atoms with Crippen LogP contribution in [-0.4, -0.2) is 0 Å². The molecule has 0 saturated heterocycles. The van der Waals surface area contributed by atoms with E-state index in [1.807, 2.05) is 0 Å². The molecule has 0 spiro atoms. The molecule has 3 aliphatic rings. The van der Waals surface area contributed by atoms with Crippen molar-refractivity contribution in [2.45, 2.75) is 109 Å². The van der Waals surface area contributed by atoms with E-state index >= 15 is 0 Å². The molecule has 2 fully saturated rings. The Morgan fingerprint density at radius 3 is 1.27 bits per heavy atom. The van der Waals surface area contributed by atoms with E-state index < -0.39 is 0 Å². The second-order valence-electron chi connectivity index (χ2n) is 13.8. The Labute approximate surface area is 248 Å². The summed E-state index contributed by atoms with van der Waals surface area (Å²) in [4.78, 5) is 0. The lowest BCUT2D eigenvalue weighted by molar-refractivity contribution is 0.442. The third-order valence-electron chi connectivity index (χ3n) is 10.7. The molecule has 0 amide bonds. The van der Waals surface area contributed by atoms with Crippen LogP contribution in [0.15, 0.2) is 72.8 Å². The second kappa shape index (κ2) is 10.6. The van der Waals surface area contributed by atoms with E-state index in [9.17, 15) is 0 Å². The molecule has 0 aromatic heterocycles. The minimum atomic E-state index is -0.312. The summed E-state index contributed by atoms with van der Waals surface area (Å²) in [5.41, 5.74) is 17.0. The molecule has 7 rings (SSSR count). The summed E-state index contributed by atoms with van der Waals surface area (Å²) in [5.74, 6) is 1.37. The van der Waals surface area contributed by atoms with E-state index in [4.69, 9.17) is 0 Å². The van der Waals surface area contributed by atoms with Crippen LogP contribution in [-0.2, 0) is 5.41 Å². The van der Waals surface area contributed by atoms with Crippen molar-refractivity contribution in [3.05, 3.63) is 128 Å². The molecule has 4 aromatic rings. The number of hydrogen-bond acceptors (Lipinski definition) is 0. The first-order valence-electron chi connectivity index (χ1n) is 16.4. The van der Waals surface area contributed by atoms with Crippen LogP contribution in [0.1, 0.15) is 132 Å². The second-order valence-corrected chi connectivity index (χ2v) is 13.8. The zero-order valence-corrected chi connectivity index (χ0v) is 25.7. The molecular weight excluding hydrogens is 492 g/mol. The topological polar surface area (TPSA) is 0 Å². The maximum Gasteiger partial charge on any atom is 0.0714 e. The van der Waals surface area contributed by atoms with Gasteiger partial charge in [-0.3, -0.25) is 0 Å². The van der Waals surface area contributed by atoms with Crippen LogP contribution in [0.3, 0.4) is 0 Å². The highest BCUT2D eigenvalue weighted by atomic mass is 14.5. The number of rotatable bonds is 4. The van der Waals surface area contributed by atoms with Crippen LogP contribution in [0.25, 0.3) is 11.1 Å². The van der Waals surface area contributed by atoms with Crippen molar-refractivity contribution in [3.8, 4) is 11.1 Å². The number of fused-ring (bicyclic) bond motifs is 3. The first-order valence-corrected chi connectivity index (χ1v) is 16.4. The summed E-state index contributed by atoms with van der Waals surface area (Å²) in [5, 5.41) is 0. The molecule has 0 aliphatic heterocycles. The Balaban J connectivity index is 1.55. The molecule has 0 bridgehead atoms. The molecule has 210 valence electrons. The first kappa shape index (κ1) is 26.8. The zero-order chi connectivity index (χ0) is 28.1. The Bertz CT molecular complexity index is 1470. The van der Waals surface area contributed by atoms with Gasteiger partial charge in [0.15, 0.2) is 0 Å². The molecule has 0 nitrogen and oxygen atoms in total. The lowest BCUT2D eigenvalue weighted by atomic mass is 9.65. The van der Waals surface area contributed by atoms with Gasteiger partial charge in [0.1, 0.15) is 0 Å². The first-order chi connectivity index (χ1) is 19.9. The SMILES string of the molecule is Cc1cc(C2CCCCC2)cc(C2(c3cc(C)cc(C4CCCCC4)c3)c3cc(C)ccc3-c3ccc(C)cc32)c1. The van der Waals surface area contributed by atoms with Gasteiger partial charge in [-0.05, 0) is 110 Å². The van der Waals surface area contributed by atoms with Crippen LogP contribution >= 0.6 is 0 Å². The third kappa shape index (κ3) is 4.59. The van der Waals surface area contributed by atoms with Gasteiger partial charge in [-0.25, -0.2) is 0 Å². The highest BCUT2D eigenvalue weighted by Gasteiger charge is 2.47. The molecule has 41 heavy (non-hydrogen) atoms. The summed E-state index contributed by atoms with van der Waals surface area (Å²) in [6.07, 6.45) is 13.6. The predicted molar refractivity (Wildman–Crippen MR) is 174 cm³/mol. The fourth-order valence-corrected chi connectivity index (χ4v) is 8.74. The van der Waals surface area contributed by atoms with Gasteiger partial charge in [0, 0.05) is 0 Å². The Morgan fingerprint density at radius 1 is 0.439 bits per heavy atom. The molecule has 0 N–H and O–H groups in total. The van der Waals surface area contributed by atoms with Crippen LogP contribution in [0.5, 0.6) is 0 Å². The highest BCUT2D eigenvalue weighted by Crippen LogP contribution is 2.57. The van der Waals surface area contributed by atoms with Gasteiger partial charge in [-0.1, -0.05) is 134 Å². The van der Waals surface area contributed by atoms with Gasteiger partial charge in [-0.2, -0.15) is 0 Å². The molecule has 4 aromatic carbocycles. The Hall–Kier alpha value is -3.12. The summed E-state index contributed by atoms with van der Waals surface area (Å²) >= 11 is 0. The normalized spacial score (nSPS) is 18.7. The van der Waals surface area contributed by atoms with Gasteiger partial charge in [0.05, 0.1) is 5.41 Å². The van der Waals surface area contributed by atoms with Gasteiger partial charge in [0.25, 0.3) is 0 Å². The van der Waals surface area contributed by atoms with Crippen molar-refractivity contribution < 1.29 is 0 Å². The van der Waals surface area contributed by atoms with Crippen LogP contribution < -0.4 is 0 Å². The standard InChI is InChI=1S/C41H46/c1-27-15-17-37-38-18-16-28(2)24-40(38)41(39(37)23-27,35-21-29(3)19-33(25-35)31-11-7-5-8-12-31)36-22-30(4)20-34(26-36)32-13-9-6-10-14-32/h15-26,31-32H,5-14H2,1-4H3. The lowest BCUT2D eigenvalue weighted by Crippen LogP contribution is -2.30. The molecule has 0 radical (unpaired) electrons. The Morgan fingerprint density at radius 2 is 0.854 bits per heavy atom. The maximum atomic E-state index is 2.63. The van der Waals surface area contributed by atoms with Gasteiger partial charge in [0.2, 0.25) is 0 Å². The minimum absolute atomic E-state index is 0.312. The fraction of sp³-hybridized carbons (Fsp3) is 0.415. The van der Waals surface area contributed by atoms with Crippen molar-refractivity contribution >= 4 is 0 Å². The monoisotopic (exact) mass is 538 g/mol. The smallest absolute Gasteiger partial charge is 0.0587 e. The highest BCUT2D eigenvalue weighted by molar-refractivity contribution is 5.87. The van der Waals surface area contributed by atoms with Crippen molar-refractivity contribution in [1.82, 2.24) is 0 Å². The zero-order valence-electron chi connectivity index (χ0n) is 25.7.